The van der Waals surface area contributed by atoms with Crippen LogP contribution >= 0.6 is 11.8 Å². The van der Waals surface area contributed by atoms with Crippen molar-refractivity contribution in [3.05, 3.63) is 40.3 Å². The highest BCUT2D eigenvalue weighted by atomic mass is 32.2. The fourth-order valence-corrected chi connectivity index (χ4v) is 2.76. The van der Waals surface area contributed by atoms with E-state index in [0.29, 0.717) is 6.42 Å². The van der Waals surface area contributed by atoms with Crippen LogP contribution in [0.25, 0.3) is 0 Å². The molecular formula is C13H14OS. The highest BCUT2D eigenvalue weighted by Crippen LogP contribution is 2.35. The third kappa shape index (κ3) is 2.51. The first-order chi connectivity index (χ1) is 7.15. The van der Waals surface area contributed by atoms with Crippen LogP contribution in [0.3, 0.4) is 0 Å². The molecule has 0 unspecified atom stereocenters. The first-order valence-electron chi connectivity index (χ1n) is 5.13. The van der Waals surface area contributed by atoms with E-state index in [1.54, 1.807) is 17.8 Å². The van der Waals surface area contributed by atoms with Crippen molar-refractivity contribution in [3.63, 3.8) is 0 Å². The second-order valence-corrected chi connectivity index (χ2v) is 5.12. The standard InChI is InChI=1S/C13H14OS/c1-9-3-4-10(2)13(7-9)15-12-6-5-11(14)8-12/h3-4,7-8H,5-6H2,1-2H3. The van der Waals surface area contributed by atoms with Crippen LogP contribution in [-0.4, -0.2) is 5.78 Å². The maximum absolute atomic E-state index is 11.1. The molecule has 1 aliphatic carbocycles. The minimum atomic E-state index is 0.266. The first kappa shape index (κ1) is 10.5. The van der Waals surface area contributed by atoms with Crippen molar-refractivity contribution in [1.82, 2.24) is 0 Å². The SMILES string of the molecule is Cc1ccc(C)c(SC2=CC(=O)CC2)c1. The van der Waals surface area contributed by atoms with E-state index >= 15 is 0 Å². The van der Waals surface area contributed by atoms with Gasteiger partial charge >= 0.3 is 0 Å². The molecule has 0 N–H and O–H groups in total. The molecule has 0 spiro atoms. The molecule has 0 amide bonds. The van der Waals surface area contributed by atoms with Gasteiger partial charge in [0.25, 0.3) is 0 Å². The summed E-state index contributed by atoms with van der Waals surface area (Å²) in [7, 11) is 0. The van der Waals surface area contributed by atoms with Crippen LogP contribution in [0, 0.1) is 13.8 Å². The quantitative estimate of drug-likeness (QED) is 0.753. The molecule has 2 rings (SSSR count). The number of carbonyl (C=O) groups is 1. The van der Waals surface area contributed by atoms with Gasteiger partial charge in [-0.2, -0.15) is 0 Å². The van der Waals surface area contributed by atoms with E-state index in [1.165, 1.54) is 20.9 Å². The van der Waals surface area contributed by atoms with Crippen LogP contribution in [0.2, 0.25) is 0 Å². The molecule has 0 aromatic heterocycles. The molecule has 2 heteroatoms. The van der Waals surface area contributed by atoms with Crippen molar-refractivity contribution in [3.8, 4) is 0 Å². The Kier molecular flexibility index (Phi) is 2.96. The van der Waals surface area contributed by atoms with Gasteiger partial charge in [0.1, 0.15) is 0 Å². The lowest BCUT2D eigenvalue weighted by Crippen LogP contribution is -1.81. The van der Waals surface area contributed by atoms with E-state index in [1.807, 2.05) is 0 Å². The van der Waals surface area contributed by atoms with E-state index in [2.05, 4.69) is 32.0 Å². The Labute approximate surface area is 94.6 Å². The molecule has 0 saturated heterocycles. The van der Waals surface area contributed by atoms with Crippen LogP contribution in [0.5, 0.6) is 0 Å². The van der Waals surface area contributed by atoms with Crippen molar-refractivity contribution in [1.29, 1.82) is 0 Å². The number of hydrogen-bond donors (Lipinski definition) is 0. The van der Waals surface area contributed by atoms with E-state index < -0.39 is 0 Å². The summed E-state index contributed by atoms with van der Waals surface area (Å²) in [4.78, 5) is 13.6. The van der Waals surface area contributed by atoms with Gasteiger partial charge in [-0.3, -0.25) is 4.79 Å². The summed E-state index contributed by atoms with van der Waals surface area (Å²) >= 11 is 1.74. The number of thioether (sulfide) groups is 1. The molecule has 0 aliphatic heterocycles. The Morgan fingerprint density at radius 1 is 1.20 bits per heavy atom. The van der Waals surface area contributed by atoms with E-state index in [4.69, 9.17) is 0 Å². The largest absolute Gasteiger partial charge is 0.295 e. The molecule has 0 atom stereocenters. The molecule has 0 bridgehead atoms. The number of rotatable bonds is 2. The van der Waals surface area contributed by atoms with Crippen LogP contribution < -0.4 is 0 Å². The molecule has 78 valence electrons. The number of carbonyl (C=O) groups excluding carboxylic acids is 1. The highest BCUT2D eigenvalue weighted by Gasteiger charge is 2.13. The molecule has 1 aromatic rings. The van der Waals surface area contributed by atoms with Crippen molar-refractivity contribution < 1.29 is 4.79 Å². The Bertz CT molecular complexity index is 432. The van der Waals surface area contributed by atoms with Crippen LogP contribution in [-0.2, 0) is 4.79 Å². The van der Waals surface area contributed by atoms with Crippen molar-refractivity contribution >= 4 is 17.5 Å². The summed E-state index contributed by atoms with van der Waals surface area (Å²) in [5.41, 5.74) is 2.55. The summed E-state index contributed by atoms with van der Waals surface area (Å²) in [5, 5.41) is 0. The molecule has 0 fully saturated rings. The van der Waals surface area contributed by atoms with Gasteiger partial charge in [-0.05, 0) is 48.4 Å². The number of ketones is 1. The lowest BCUT2D eigenvalue weighted by atomic mass is 10.2. The minimum absolute atomic E-state index is 0.266. The molecular weight excluding hydrogens is 204 g/mol. The highest BCUT2D eigenvalue weighted by molar-refractivity contribution is 8.03. The van der Waals surface area contributed by atoms with Crippen LogP contribution in [0.15, 0.2) is 34.1 Å². The van der Waals surface area contributed by atoms with E-state index in [-0.39, 0.29) is 5.78 Å². The van der Waals surface area contributed by atoms with E-state index in [9.17, 15) is 4.79 Å². The Hall–Kier alpha value is -1.02. The molecule has 15 heavy (non-hydrogen) atoms. The molecule has 1 nitrogen and oxygen atoms in total. The van der Waals surface area contributed by atoms with Gasteiger partial charge in [-0.15, -0.1) is 0 Å². The zero-order valence-electron chi connectivity index (χ0n) is 9.04. The van der Waals surface area contributed by atoms with Crippen molar-refractivity contribution in [2.45, 2.75) is 31.6 Å². The molecule has 1 aromatic carbocycles. The third-order valence-corrected chi connectivity index (χ3v) is 3.77. The van der Waals surface area contributed by atoms with Gasteiger partial charge < -0.3 is 0 Å². The molecule has 0 saturated carbocycles. The smallest absolute Gasteiger partial charge is 0.156 e. The van der Waals surface area contributed by atoms with Gasteiger partial charge in [0.15, 0.2) is 5.78 Å². The molecule has 1 aliphatic rings. The van der Waals surface area contributed by atoms with Crippen LogP contribution in [0.1, 0.15) is 24.0 Å². The second-order valence-electron chi connectivity index (χ2n) is 3.95. The predicted molar refractivity (Wildman–Crippen MR) is 64.1 cm³/mol. The zero-order valence-corrected chi connectivity index (χ0v) is 9.86. The molecule has 0 heterocycles. The number of allylic oxidation sites excluding steroid dienone is 2. The minimum Gasteiger partial charge on any atom is -0.295 e. The van der Waals surface area contributed by atoms with Gasteiger partial charge in [0.05, 0.1) is 0 Å². The summed E-state index contributed by atoms with van der Waals surface area (Å²) in [6.07, 6.45) is 3.39. The van der Waals surface area contributed by atoms with Crippen molar-refractivity contribution in [2.75, 3.05) is 0 Å². The number of hydrogen-bond acceptors (Lipinski definition) is 2. The van der Waals surface area contributed by atoms with E-state index in [0.717, 1.165) is 6.42 Å². The average molecular weight is 218 g/mol. The monoisotopic (exact) mass is 218 g/mol. The Morgan fingerprint density at radius 2 is 2.00 bits per heavy atom. The van der Waals surface area contributed by atoms with Crippen molar-refractivity contribution in [2.24, 2.45) is 0 Å². The Morgan fingerprint density at radius 3 is 2.67 bits per heavy atom. The third-order valence-electron chi connectivity index (χ3n) is 2.52. The lowest BCUT2D eigenvalue weighted by Gasteiger charge is -2.06. The van der Waals surface area contributed by atoms with Gasteiger partial charge in [0.2, 0.25) is 0 Å². The predicted octanol–water partition coefficient (Wildman–Crippen LogP) is 3.64. The molecule has 0 radical (unpaired) electrons. The first-order valence-corrected chi connectivity index (χ1v) is 5.95. The summed E-state index contributed by atoms with van der Waals surface area (Å²) in [6.45, 7) is 4.21. The van der Waals surface area contributed by atoms with Gasteiger partial charge in [-0.25, -0.2) is 0 Å². The maximum Gasteiger partial charge on any atom is 0.156 e. The second kappa shape index (κ2) is 4.23. The Balaban J connectivity index is 2.20. The van der Waals surface area contributed by atoms with Gasteiger partial charge in [-0.1, -0.05) is 23.9 Å². The van der Waals surface area contributed by atoms with Gasteiger partial charge in [0, 0.05) is 11.3 Å². The number of aryl methyl sites for hydroxylation is 2. The van der Waals surface area contributed by atoms with Crippen LogP contribution in [0.4, 0.5) is 0 Å². The summed E-state index contributed by atoms with van der Waals surface area (Å²) in [6, 6.07) is 6.44. The average Bonchev–Trinajstić information content (AvgIpc) is 2.58. The normalized spacial score (nSPS) is 15.6. The fraction of sp³-hybridized carbons (Fsp3) is 0.308. The number of benzene rings is 1. The topological polar surface area (TPSA) is 17.1 Å². The fourth-order valence-electron chi connectivity index (χ4n) is 1.61. The summed E-state index contributed by atoms with van der Waals surface area (Å²) < 4.78 is 0. The summed E-state index contributed by atoms with van der Waals surface area (Å²) in [5.74, 6) is 0.266. The zero-order chi connectivity index (χ0) is 10.8. The maximum atomic E-state index is 11.1. The lowest BCUT2D eigenvalue weighted by molar-refractivity contribution is -0.114.